The van der Waals surface area contributed by atoms with E-state index in [1.165, 1.54) is 11.1 Å². The standard InChI is InChI=1S/C14H16N2/c1-10-3-8-14(11(2)9-10)16-13-6-4-12(15)5-7-13/h3-9,16H,15H2,1-2H3. The van der Waals surface area contributed by atoms with Gasteiger partial charge in [-0.15, -0.1) is 0 Å². The van der Waals surface area contributed by atoms with E-state index in [1.807, 2.05) is 24.3 Å². The molecule has 2 aromatic rings. The number of rotatable bonds is 2. The third-order valence-electron chi connectivity index (χ3n) is 2.57. The smallest absolute Gasteiger partial charge is 0.0414 e. The number of anilines is 3. The molecule has 0 unspecified atom stereocenters. The molecule has 0 amide bonds. The van der Waals surface area contributed by atoms with Crippen molar-refractivity contribution in [3.05, 3.63) is 53.6 Å². The lowest BCUT2D eigenvalue weighted by molar-refractivity contribution is 1.37. The highest BCUT2D eigenvalue weighted by atomic mass is 14.9. The fraction of sp³-hybridized carbons (Fsp3) is 0.143. The normalized spacial score (nSPS) is 10.1. The second-order valence-electron chi connectivity index (χ2n) is 4.07. The molecule has 0 aliphatic carbocycles. The molecule has 0 saturated heterocycles. The zero-order chi connectivity index (χ0) is 11.5. The number of nitrogens with two attached hydrogens (primary N) is 1. The van der Waals surface area contributed by atoms with Crippen molar-refractivity contribution in [2.45, 2.75) is 13.8 Å². The van der Waals surface area contributed by atoms with Crippen molar-refractivity contribution in [1.29, 1.82) is 0 Å². The maximum atomic E-state index is 5.64. The molecule has 2 heteroatoms. The van der Waals surface area contributed by atoms with E-state index in [2.05, 4.69) is 37.4 Å². The minimum absolute atomic E-state index is 0.783. The molecule has 0 aliphatic heterocycles. The Morgan fingerprint density at radius 1 is 0.938 bits per heavy atom. The summed E-state index contributed by atoms with van der Waals surface area (Å²) in [6.45, 7) is 4.20. The van der Waals surface area contributed by atoms with Crippen molar-refractivity contribution in [1.82, 2.24) is 0 Å². The van der Waals surface area contributed by atoms with Crippen LogP contribution in [0.2, 0.25) is 0 Å². The van der Waals surface area contributed by atoms with E-state index in [4.69, 9.17) is 5.73 Å². The molecule has 0 heterocycles. The molecule has 0 aromatic heterocycles. The van der Waals surface area contributed by atoms with Gasteiger partial charge in [0.25, 0.3) is 0 Å². The van der Waals surface area contributed by atoms with Gasteiger partial charge in [0.2, 0.25) is 0 Å². The molecular formula is C14H16N2. The lowest BCUT2D eigenvalue weighted by Gasteiger charge is -2.10. The fourth-order valence-electron chi connectivity index (χ4n) is 1.68. The fourth-order valence-corrected chi connectivity index (χ4v) is 1.68. The first-order valence-corrected chi connectivity index (χ1v) is 5.35. The van der Waals surface area contributed by atoms with Crippen LogP contribution in [0.1, 0.15) is 11.1 Å². The van der Waals surface area contributed by atoms with Gasteiger partial charge in [-0.2, -0.15) is 0 Å². The van der Waals surface area contributed by atoms with Crippen LogP contribution in [0.15, 0.2) is 42.5 Å². The van der Waals surface area contributed by atoms with Gasteiger partial charge >= 0.3 is 0 Å². The molecule has 16 heavy (non-hydrogen) atoms. The number of benzene rings is 2. The molecule has 3 N–H and O–H groups in total. The van der Waals surface area contributed by atoms with Crippen LogP contribution < -0.4 is 11.1 Å². The predicted octanol–water partition coefficient (Wildman–Crippen LogP) is 3.63. The number of hydrogen-bond donors (Lipinski definition) is 2. The van der Waals surface area contributed by atoms with Gasteiger partial charge in [0, 0.05) is 17.1 Å². The maximum Gasteiger partial charge on any atom is 0.0414 e. The first-order chi connectivity index (χ1) is 7.65. The van der Waals surface area contributed by atoms with Crippen molar-refractivity contribution in [2.75, 3.05) is 11.1 Å². The van der Waals surface area contributed by atoms with Crippen molar-refractivity contribution in [2.24, 2.45) is 0 Å². The highest BCUT2D eigenvalue weighted by Crippen LogP contribution is 2.21. The molecule has 0 aliphatic rings. The highest BCUT2D eigenvalue weighted by Gasteiger charge is 1.98. The monoisotopic (exact) mass is 212 g/mol. The zero-order valence-electron chi connectivity index (χ0n) is 9.62. The van der Waals surface area contributed by atoms with Gasteiger partial charge in [0.1, 0.15) is 0 Å². The molecule has 0 bridgehead atoms. The Hall–Kier alpha value is -1.96. The van der Waals surface area contributed by atoms with Crippen molar-refractivity contribution < 1.29 is 0 Å². The van der Waals surface area contributed by atoms with Crippen molar-refractivity contribution in [3.8, 4) is 0 Å². The summed E-state index contributed by atoms with van der Waals surface area (Å²) in [6, 6.07) is 14.1. The second-order valence-corrected chi connectivity index (χ2v) is 4.07. The van der Waals surface area contributed by atoms with Gasteiger partial charge in [0.15, 0.2) is 0 Å². The first-order valence-electron chi connectivity index (χ1n) is 5.35. The Morgan fingerprint density at radius 3 is 2.25 bits per heavy atom. The Balaban J connectivity index is 2.23. The summed E-state index contributed by atoms with van der Waals surface area (Å²) >= 11 is 0. The average molecular weight is 212 g/mol. The predicted molar refractivity (Wildman–Crippen MR) is 70.1 cm³/mol. The molecule has 0 radical (unpaired) electrons. The van der Waals surface area contributed by atoms with Gasteiger partial charge in [-0.1, -0.05) is 17.7 Å². The molecule has 2 rings (SSSR count). The lowest BCUT2D eigenvalue weighted by Crippen LogP contribution is -1.94. The van der Waals surface area contributed by atoms with Gasteiger partial charge in [0.05, 0.1) is 0 Å². The Bertz CT molecular complexity index is 487. The molecule has 82 valence electrons. The SMILES string of the molecule is Cc1ccc(Nc2ccc(N)cc2)c(C)c1. The molecule has 0 saturated carbocycles. The minimum atomic E-state index is 0.783. The summed E-state index contributed by atoms with van der Waals surface area (Å²) < 4.78 is 0. The number of hydrogen-bond acceptors (Lipinski definition) is 2. The summed E-state index contributed by atoms with van der Waals surface area (Å²) in [5.41, 5.74) is 11.1. The molecule has 0 atom stereocenters. The van der Waals surface area contributed by atoms with Crippen LogP contribution >= 0.6 is 0 Å². The topological polar surface area (TPSA) is 38.0 Å². The van der Waals surface area contributed by atoms with Crippen LogP contribution in [-0.2, 0) is 0 Å². The van der Waals surface area contributed by atoms with Crippen molar-refractivity contribution in [3.63, 3.8) is 0 Å². The van der Waals surface area contributed by atoms with Gasteiger partial charge in [-0.3, -0.25) is 0 Å². The summed E-state index contributed by atoms with van der Waals surface area (Å²) in [5, 5.41) is 3.37. The third-order valence-corrected chi connectivity index (χ3v) is 2.57. The van der Waals surface area contributed by atoms with Crippen LogP contribution in [0.3, 0.4) is 0 Å². The summed E-state index contributed by atoms with van der Waals surface area (Å²) in [7, 11) is 0. The van der Waals surface area contributed by atoms with Crippen LogP contribution in [0.4, 0.5) is 17.1 Å². The molecule has 0 spiro atoms. The molecule has 0 fully saturated rings. The van der Waals surface area contributed by atoms with E-state index >= 15 is 0 Å². The van der Waals surface area contributed by atoms with E-state index in [0.29, 0.717) is 0 Å². The van der Waals surface area contributed by atoms with E-state index in [0.717, 1.165) is 17.1 Å². The highest BCUT2D eigenvalue weighted by molar-refractivity contribution is 5.64. The van der Waals surface area contributed by atoms with E-state index in [9.17, 15) is 0 Å². The average Bonchev–Trinajstić information content (AvgIpc) is 2.25. The minimum Gasteiger partial charge on any atom is -0.399 e. The van der Waals surface area contributed by atoms with Crippen LogP contribution in [0.25, 0.3) is 0 Å². The quantitative estimate of drug-likeness (QED) is 0.746. The van der Waals surface area contributed by atoms with Gasteiger partial charge < -0.3 is 11.1 Å². The maximum absolute atomic E-state index is 5.64. The Kier molecular flexibility index (Phi) is 2.82. The van der Waals surface area contributed by atoms with E-state index in [1.54, 1.807) is 0 Å². The van der Waals surface area contributed by atoms with Crippen LogP contribution in [0.5, 0.6) is 0 Å². The molecule has 2 nitrogen and oxygen atoms in total. The van der Waals surface area contributed by atoms with Crippen molar-refractivity contribution >= 4 is 17.1 Å². The third kappa shape index (κ3) is 2.34. The lowest BCUT2D eigenvalue weighted by atomic mass is 10.1. The zero-order valence-corrected chi connectivity index (χ0v) is 9.62. The summed E-state index contributed by atoms with van der Waals surface area (Å²) in [5.74, 6) is 0. The summed E-state index contributed by atoms with van der Waals surface area (Å²) in [6.07, 6.45) is 0. The van der Waals surface area contributed by atoms with E-state index in [-0.39, 0.29) is 0 Å². The molecule has 2 aromatic carbocycles. The second kappa shape index (κ2) is 4.27. The number of nitrogens with one attached hydrogen (secondary N) is 1. The van der Waals surface area contributed by atoms with Gasteiger partial charge in [-0.05, 0) is 49.7 Å². The Morgan fingerprint density at radius 2 is 1.62 bits per heavy atom. The van der Waals surface area contributed by atoms with Gasteiger partial charge in [-0.25, -0.2) is 0 Å². The van der Waals surface area contributed by atoms with Crippen LogP contribution in [0, 0.1) is 13.8 Å². The number of nitrogen functional groups attached to an aromatic ring is 1. The first kappa shape index (κ1) is 10.6. The largest absolute Gasteiger partial charge is 0.399 e. The van der Waals surface area contributed by atoms with E-state index < -0.39 is 0 Å². The summed E-state index contributed by atoms with van der Waals surface area (Å²) in [4.78, 5) is 0. The molecular weight excluding hydrogens is 196 g/mol. The van der Waals surface area contributed by atoms with Crippen LogP contribution in [-0.4, -0.2) is 0 Å². The number of aryl methyl sites for hydroxylation is 2. The Labute approximate surface area is 96.1 Å².